The normalized spacial score (nSPS) is 12.8. The number of rotatable bonds is 2. The second-order valence-electron chi connectivity index (χ2n) is 3.50. The van der Waals surface area contributed by atoms with Crippen molar-refractivity contribution >= 4 is 15.9 Å². The maximum Gasteiger partial charge on any atom is 0.128 e. The summed E-state index contributed by atoms with van der Waals surface area (Å²) in [5.74, 6) is -0.303. The third kappa shape index (κ3) is 1.88. The van der Waals surface area contributed by atoms with Gasteiger partial charge in [-0.15, -0.1) is 0 Å². The average Bonchev–Trinajstić information content (AvgIpc) is 2.58. The lowest BCUT2D eigenvalue weighted by molar-refractivity contribution is 0.586. The van der Waals surface area contributed by atoms with E-state index < -0.39 is 6.04 Å². The molecule has 0 saturated carbocycles. The first-order valence-electron chi connectivity index (χ1n) is 4.78. The molecule has 0 aliphatic heterocycles. The van der Waals surface area contributed by atoms with Gasteiger partial charge >= 0.3 is 0 Å². The molecule has 0 amide bonds. The molecule has 2 rings (SSSR count). The van der Waals surface area contributed by atoms with Crippen molar-refractivity contribution < 1.29 is 4.39 Å². The molecule has 2 aromatic rings. The van der Waals surface area contributed by atoms with E-state index in [1.165, 1.54) is 6.07 Å². The summed E-state index contributed by atoms with van der Waals surface area (Å²) in [5.41, 5.74) is 7.25. The fourth-order valence-electron chi connectivity index (χ4n) is 1.64. The van der Waals surface area contributed by atoms with Crippen LogP contribution < -0.4 is 5.73 Å². The number of nitrogens with zero attached hydrogens (tertiary/aromatic N) is 2. The van der Waals surface area contributed by atoms with Gasteiger partial charge in [-0.3, -0.25) is 4.68 Å². The van der Waals surface area contributed by atoms with Gasteiger partial charge < -0.3 is 5.73 Å². The molecular formula is C11H11BrFN3. The van der Waals surface area contributed by atoms with Crippen LogP contribution in [0.25, 0.3) is 0 Å². The molecule has 16 heavy (non-hydrogen) atoms. The molecule has 2 N–H and O–H groups in total. The molecule has 1 aromatic heterocycles. The maximum absolute atomic E-state index is 13.6. The average molecular weight is 284 g/mol. The first-order valence-corrected chi connectivity index (χ1v) is 5.58. The molecule has 5 heteroatoms. The molecule has 0 fully saturated rings. The quantitative estimate of drug-likeness (QED) is 0.920. The molecule has 0 spiro atoms. The van der Waals surface area contributed by atoms with Crippen LogP contribution in [-0.2, 0) is 7.05 Å². The second kappa shape index (κ2) is 4.35. The van der Waals surface area contributed by atoms with Gasteiger partial charge in [-0.1, -0.05) is 18.2 Å². The van der Waals surface area contributed by atoms with Crippen molar-refractivity contribution in [3.63, 3.8) is 0 Å². The van der Waals surface area contributed by atoms with Crippen LogP contribution in [0.3, 0.4) is 0 Å². The number of aryl methyl sites for hydroxylation is 1. The van der Waals surface area contributed by atoms with Crippen molar-refractivity contribution in [2.75, 3.05) is 0 Å². The summed E-state index contributed by atoms with van der Waals surface area (Å²) in [5, 5.41) is 4.06. The Morgan fingerprint density at radius 3 is 2.69 bits per heavy atom. The Morgan fingerprint density at radius 2 is 2.12 bits per heavy atom. The summed E-state index contributed by atoms with van der Waals surface area (Å²) >= 11 is 3.35. The van der Waals surface area contributed by atoms with Crippen LogP contribution in [0.4, 0.5) is 4.39 Å². The molecule has 0 saturated heterocycles. The van der Waals surface area contributed by atoms with Crippen LogP contribution in [0.15, 0.2) is 34.9 Å². The topological polar surface area (TPSA) is 43.8 Å². The van der Waals surface area contributed by atoms with Gasteiger partial charge in [0, 0.05) is 12.6 Å². The molecule has 0 radical (unpaired) electrons. The summed E-state index contributed by atoms with van der Waals surface area (Å²) in [4.78, 5) is 0. The van der Waals surface area contributed by atoms with E-state index in [2.05, 4.69) is 21.0 Å². The zero-order chi connectivity index (χ0) is 11.7. The fraction of sp³-hybridized carbons (Fsp3) is 0.182. The highest BCUT2D eigenvalue weighted by Gasteiger charge is 2.19. The number of hydrogen-bond acceptors (Lipinski definition) is 2. The number of aromatic nitrogens is 2. The molecule has 1 heterocycles. The Labute approximate surface area is 101 Å². The summed E-state index contributed by atoms with van der Waals surface area (Å²) in [6.07, 6.45) is 1.65. The monoisotopic (exact) mass is 283 g/mol. The third-order valence-electron chi connectivity index (χ3n) is 2.47. The van der Waals surface area contributed by atoms with Crippen molar-refractivity contribution in [2.45, 2.75) is 6.04 Å². The molecule has 1 unspecified atom stereocenters. The highest BCUT2D eigenvalue weighted by Crippen LogP contribution is 2.27. The van der Waals surface area contributed by atoms with E-state index in [9.17, 15) is 4.39 Å². The van der Waals surface area contributed by atoms with Crippen LogP contribution in [0.5, 0.6) is 0 Å². The predicted molar refractivity (Wildman–Crippen MR) is 63.3 cm³/mol. The number of halogens is 2. The fourth-order valence-corrected chi connectivity index (χ4v) is 2.24. The Hall–Kier alpha value is -1.20. The van der Waals surface area contributed by atoms with Crippen molar-refractivity contribution in [3.8, 4) is 0 Å². The Kier molecular flexibility index (Phi) is 3.07. The van der Waals surface area contributed by atoms with E-state index in [-0.39, 0.29) is 5.82 Å². The predicted octanol–water partition coefficient (Wildman–Crippen LogP) is 2.37. The largest absolute Gasteiger partial charge is 0.319 e. The second-order valence-corrected chi connectivity index (χ2v) is 4.35. The SMILES string of the molecule is Cn1ncc(Br)c1C(N)c1ccccc1F. The van der Waals surface area contributed by atoms with Crippen LogP contribution in [0, 0.1) is 5.82 Å². The number of hydrogen-bond donors (Lipinski definition) is 1. The zero-order valence-corrected chi connectivity index (χ0v) is 10.3. The highest BCUT2D eigenvalue weighted by molar-refractivity contribution is 9.10. The molecule has 0 aliphatic rings. The molecule has 0 aliphatic carbocycles. The van der Waals surface area contributed by atoms with E-state index in [1.807, 2.05) is 0 Å². The van der Waals surface area contributed by atoms with Crippen molar-refractivity contribution in [2.24, 2.45) is 12.8 Å². The third-order valence-corrected chi connectivity index (χ3v) is 3.08. The Balaban J connectivity index is 2.47. The van der Waals surface area contributed by atoms with Gasteiger partial charge in [-0.2, -0.15) is 5.10 Å². The van der Waals surface area contributed by atoms with Crippen LogP contribution in [-0.4, -0.2) is 9.78 Å². The van der Waals surface area contributed by atoms with E-state index in [0.29, 0.717) is 5.56 Å². The lowest BCUT2D eigenvalue weighted by Crippen LogP contribution is -2.17. The van der Waals surface area contributed by atoms with Crippen molar-refractivity contribution in [1.29, 1.82) is 0 Å². The van der Waals surface area contributed by atoms with Gasteiger partial charge in [-0.05, 0) is 22.0 Å². The molecule has 0 bridgehead atoms. The van der Waals surface area contributed by atoms with Gasteiger partial charge in [0.15, 0.2) is 0 Å². The van der Waals surface area contributed by atoms with E-state index >= 15 is 0 Å². The summed E-state index contributed by atoms with van der Waals surface area (Å²) < 4.78 is 16.0. The first-order chi connectivity index (χ1) is 7.61. The zero-order valence-electron chi connectivity index (χ0n) is 8.69. The molecule has 3 nitrogen and oxygen atoms in total. The number of nitrogens with two attached hydrogens (primary N) is 1. The van der Waals surface area contributed by atoms with Crippen molar-refractivity contribution in [1.82, 2.24) is 9.78 Å². The minimum atomic E-state index is -0.525. The number of benzene rings is 1. The van der Waals surface area contributed by atoms with Gasteiger partial charge in [-0.25, -0.2) is 4.39 Å². The van der Waals surface area contributed by atoms with Gasteiger partial charge in [0.1, 0.15) is 5.82 Å². The minimum absolute atomic E-state index is 0.303. The first kappa shape index (κ1) is 11.3. The van der Waals surface area contributed by atoms with Crippen molar-refractivity contribution in [3.05, 3.63) is 52.0 Å². The lowest BCUT2D eigenvalue weighted by Gasteiger charge is -2.14. The summed E-state index contributed by atoms with van der Waals surface area (Å²) in [7, 11) is 1.78. The van der Waals surface area contributed by atoms with Crippen LogP contribution in [0.2, 0.25) is 0 Å². The van der Waals surface area contributed by atoms with E-state index in [1.54, 1.807) is 36.1 Å². The van der Waals surface area contributed by atoms with Gasteiger partial charge in [0.05, 0.1) is 22.4 Å². The smallest absolute Gasteiger partial charge is 0.128 e. The maximum atomic E-state index is 13.6. The standard InChI is InChI=1S/C11H11BrFN3/c1-16-11(8(12)6-15-16)10(14)7-4-2-3-5-9(7)13/h2-6,10H,14H2,1H3. The Morgan fingerprint density at radius 1 is 1.44 bits per heavy atom. The van der Waals surface area contributed by atoms with Gasteiger partial charge in [0.2, 0.25) is 0 Å². The lowest BCUT2D eigenvalue weighted by atomic mass is 10.0. The summed E-state index contributed by atoms with van der Waals surface area (Å²) in [6.45, 7) is 0. The molecular weight excluding hydrogens is 273 g/mol. The minimum Gasteiger partial charge on any atom is -0.319 e. The van der Waals surface area contributed by atoms with Crippen LogP contribution in [0.1, 0.15) is 17.3 Å². The molecule has 1 aromatic carbocycles. The molecule has 1 atom stereocenters. The Bertz CT molecular complexity index is 490. The van der Waals surface area contributed by atoms with Gasteiger partial charge in [0.25, 0.3) is 0 Å². The molecule has 84 valence electrons. The van der Waals surface area contributed by atoms with E-state index in [0.717, 1.165) is 10.2 Å². The van der Waals surface area contributed by atoms with E-state index in [4.69, 9.17) is 5.73 Å². The highest BCUT2D eigenvalue weighted by atomic mass is 79.9. The summed E-state index contributed by atoms with van der Waals surface area (Å²) in [6, 6.07) is 5.97. The van der Waals surface area contributed by atoms with Crippen LogP contribution >= 0.6 is 15.9 Å².